The van der Waals surface area contributed by atoms with Gasteiger partial charge in [-0.2, -0.15) is 13.2 Å². The summed E-state index contributed by atoms with van der Waals surface area (Å²) in [7, 11) is 0. The summed E-state index contributed by atoms with van der Waals surface area (Å²) < 4.78 is 33.3. The Morgan fingerprint density at radius 1 is 1.26 bits per heavy atom. The van der Waals surface area contributed by atoms with Gasteiger partial charge < -0.3 is 10.8 Å². The number of aryl methyl sites for hydroxylation is 1. The Hall–Kier alpha value is -3.24. The molecule has 4 rings (SSSR count). The summed E-state index contributed by atoms with van der Waals surface area (Å²) in [5.41, 5.74) is 11.2. The van der Waals surface area contributed by atoms with E-state index in [0.29, 0.717) is 12.2 Å². The quantitative estimate of drug-likeness (QED) is 0.643. The fraction of sp³-hybridized carbons (Fsp3) is 0.286. The lowest BCUT2D eigenvalue weighted by atomic mass is 9.96. The summed E-state index contributed by atoms with van der Waals surface area (Å²) in [5, 5.41) is 7.12. The number of aliphatic carboxylic acids is 1. The van der Waals surface area contributed by atoms with Gasteiger partial charge in [-0.3, -0.25) is 14.1 Å². The molecule has 0 radical (unpaired) electrons. The molecule has 3 aromatic rings. The van der Waals surface area contributed by atoms with Crippen LogP contribution in [0.2, 0.25) is 0 Å². The van der Waals surface area contributed by atoms with Gasteiger partial charge >= 0.3 is 12.1 Å². The predicted molar refractivity (Wildman–Crippen MR) is 107 cm³/mol. The third-order valence-electron chi connectivity index (χ3n) is 4.79. The highest BCUT2D eigenvalue weighted by atomic mass is 19.4. The number of halogens is 3. The molecule has 0 saturated carbocycles. The van der Waals surface area contributed by atoms with E-state index in [1.54, 1.807) is 10.5 Å². The van der Waals surface area contributed by atoms with E-state index in [1.165, 1.54) is 11.1 Å². The Morgan fingerprint density at radius 3 is 2.61 bits per heavy atom. The molecular weight excluding hydrogens is 413 g/mol. The SMILES string of the molecule is Cc1ccc2nc(CN3Cc4ccccc4C(N)C3)cc(=O)n2c1.O=C(O)C(F)(F)F. The summed E-state index contributed by atoms with van der Waals surface area (Å²) in [4.78, 5) is 28.1. The Morgan fingerprint density at radius 2 is 1.94 bits per heavy atom. The van der Waals surface area contributed by atoms with Crippen molar-refractivity contribution in [2.45, 2.75) is 32.2 Å². The molecule has 164 valence electrons. The topological polar surface area (TPSA) is 101 Å². The first kappa shape index (κ1) is 22.4. The first-order chi connectivity index (χ1) is 14.5. The van der Waals surface area contributed by atoms with Crippen LogP contribution in [0.15, 0.2) is 53.5 Å². The smallest absolute Gasteiger partial charge is 0.475 e. The molecular formula is C21H21F3N4O3. The zero-order chi connectivity index (χ0) is 22.8. The minimum atomic E-state index is -5.08. The van der Waals surface area contributed by atoms with Crippen molar-refractivity contribution >= 4 is 11.6 Å². The number of rotatable bonds is 2. The Balaban J connectivity index is 0.000000339. The maximum absolute atomic E-state index is 12.3. The van der Waals surface area contributed by atoms with E-state index < -0.39 is 12.1 Å². The number of nitrogens with two attached hydrogens (primary N) is 1. The van der Waals surface area contributed by atoms with E-state index in [2.05, 4.69) is 22.0 Å². The minimum Gasteiger partial charge on any atom is -0.475 e. The molecule has 1 unspecified atom stereocenters. The first-order valence-corrected chi connectivity index (χ1v) is 9.39. The monoisotopic (exact) mass is 434 g/mol. The van der Waals surface area contributed by atoms with Gasteiger partial charge in [0, 0.05) is 37.9 Å². The number of carbonyl (C=O) groups is 1. The standard InChI is InChI=1S/C19H20N4O.C2HF3O2/c1-13-6-7-18-21-15(8-19(24)23(18)9-13)11-22-10-14-4-2-3-5-16(14)17(20)12-22;3-2(4,5)1(6)7/h2-9,17H,10-12,20H2,1H3;(H,6,7). The van der Waals surface area contributed by atoms with Crippen molar-refractivity contribution < 1.29 is 23.1 Å². The molecule has 31 heavy (non-hydrogen) atoms. The zero-order valence-electron chi connectivity index (χ0n) is 16.6. The van der Waals surface area contributed by atoms with E-state index in [4.69, 9.17) is 15.6 Å². The number of nitrogens with zero attached hydrogens (tertiary/aromatic N) is 3. The van der Waals surface area contributed by atoms with Crippen LogP contribution in [0.3, 0.4) is 0 Å². The van der Waals surface area contributed by atoms with Gasteiger partial charge in [-0.1, -0.05) is 30.3 Å². The number of carboxylic acid groups (broad SMARTS) is 1. The molecule has 1 aliphatic rings. The molecule has 0 amide bonds. The Kier molecular flexibility index (Phi) is 6.42. The van der Waals surface area contributed by atoms with E-state index in [9.17, 15) is 18.0 Å². The van der Waals surface area contributed by atoms with E-state index in [1.807, 2.05) is 37.4 Å². The normalized spacial score (nSPS) is 16.4. The van der Waals surface area contributed by atoms with Crippen molar-refractivity contribution in [3.8, 4) is 0 Å². The molecule has 0 fully saturated rings. The van der Waals surface area contributed by atoms with Crippen LogP contribution in [-0.4, -0.2) is 38.1 Å². The van der Waals surface area contributed by atoms with Gasteiger partial charge in [0.1, 0.15) is 5.65 Å². The Bertz CT molecular complexity index is 1160. The summed E-state index contributed by atoms with van der Waals surface area (Å²) in [6.07, 6.45) is -3.26. The van der Waals surface area contributed by atoms with Gasteiger partial charge in [0.05, 0.1) is 5.69 Å². The molecule has 1 atom stereocenters. The molecule has 7 nitrogen and oxygen atoms in total. The number of carboxylic acids is 1. The Labute approximate surface area is 175 Å². The molecule has 0 bridgehead atoms. The molecule has 0 saturated heterocycles. The second-order valence-electron chi connectivity index (χ2n) is 7.30. The average Bonchev–Trinajstić information content (AvgIpc) is 2.68. The summed E-state index contributed by atoms with van der Waals surface area (Å²) in [6.45, 7) is 4.19. The molecule has 1 aromatic carbocycles. The van der Waals surface area contributed by atoms with Crippen LogP contribution in [0.25, 0.3) is 5.65 Å². The fourth-order valence-corrected chi connectivity index (χ4v) is 3.41. The summed E-state index contributed by atoms with van der Waals surface area (Å²) in [6, 6.07) is 13.8. The van der Waals surface area contributed by atoms with Crippen LogP contribution in [0.5, 0.6) is 0 Å². The fourth-order valence-electron chi connectivity index (χ4n) is 3.41. The van der Waals surface area contributed by atoms with E-state index in [-0.39, 0.29) is 11.6 Å². The van der Waals surface area contributed by atoms with E-state index >= 15 is 0 Å². The number of pyridine rings is 1. The number of hydrogen-bond donors (Lipinski definition) is 2. The number of aromatic nitrogens is 2. The predicted octanol–water partition coefficient (Wildman–Crippen LogP) is 2.65. The van der Waals surface area contributed by atoms with Crippen LogP contribution < -0.4 is 11.3 Å². The molecule has 3 N–H and O–H groups in total. The van der Waals surface area contributed by atoms with Gasteiger partial charge in [0.2, 0.25) is 0 Å². The third-order valence-corrected chi connectivity index (χ3v) is 4.79. The lowest BCUT2D eigenvalue weighted by molar-refractivity contribution is -0.192. The van der Waals surface area contributed by atoms with Gasteiger partial charge in [0.15, 0.2) is 0 Å². The van der Waals surface area contributed by atoms with Crippen molar-refractivity contribution in [1.82, 2.24) is 14.3 Å². The number of alkyl halides is 3. The van der Waals surface area contributed by atoms with Crippen molar-refractivity contribution in [2.75, 3.05) is 6.54 Å². The van der Waals surface area contributed by atoms with Crippen molar-refractivity contribution in [1.29, 1.82) is 0 Å². The second kappa shape index (κ2) is 8.86. The highest BCUT2D eigenvalue weighted by molar-refractivity contribution is 5.73. The second-order valence-corrected chi connectivity index (χ2v) is 7.30. The lowest BCUT2D eigenvalue weighted by Gasteiger charge is -2.32. The number of hydrogen-bond acceptors (Lipinski definition) is 5. The molecule has 10 heteroatoms. The maximum Gasteiger partial charge on any atom is 0.490 e. The van der Waals surface area contributed by atoms with Crippen LogP contribution in [0.4, 0.5) is 13.2 Å². The highest BCUT2D eigenvalue weighted by Crippen LogP contribution is 2.25. The summed E-state index contributed by atoms with van der Waals surface area (Å²) in [5.74, 6) is -2.76. The van der Waals surface area contributed by atoms with Gasteiger partial charge in [-0.25, -0.2) is 9.78 Å². The largest absolute Gasteiger partial charge is 0.490 e. The van der Waals surface area contributed by atoms with Crippen molar-refractivity contribution in [3.63, 3.8) is 0 Å². The van der Waals surface area contributed by atoms with Crippen molar-refractivity contribution in [2.24, 2.45) is 5.73 Å². The lowest BCUT2D eigenvalue weighted by Crippen LogP contribution is -2.37. The molecule has 3 heterocycles. The highest BCUT2D eigenvalue weighted by Gasteiger charge is 2.38. The third kappa shape index (κ3) is 5.47. The average molecular weight is 434 g/mol. The van der Waals surface area contributed by atoms with Crippen LogP contribution >= 0.6 is 0 Å². The first-order valence-electron chi connectivity index (χ1n) is 9.39. The number of fused-ring (bicyclic) bond motifs is 2. The zero-order valence-corrected chi connectivity index (χ0v) is 16.6. The van der Waals surface area contributed by atoms with Crippen LogP contribution in [0.1, 0.15) is 28.4 Å². The van der Waals surface area contributed by atoms with Gasteiger partial charge in [0.25, 0.3) is 5.56 Å². The minimum absolute atomic E-state index is 0.000784. The molecule has 0 spiro atoms. The molecule has 0 aliphatic carbocycles. The summed E-state index contributed by atoms with van der Waals surface area (Å²) >= 11 is 0. The van der Waals surface area contributed by atoms with E-state index in [0.717, 1.165) is 24.3 Å². The number of benzene rings is 1. The maximum atomic E-state index is 12.3. The molecule has 1 aliphatic heterocycles. The van der Waals surface area contributed by atoms with Crippen LogP contribution in [0, 0.1) is 6.92 Å². The molecule has 2 aromatic heterocycles. The van der Waals surface area contributed by atoms with Crippen LogP contribution in [-0.2, 0) is 17.9 Å². The van der Waals surface area contributed by atoms with Crippen molar-refractivity contribution in [3.05, 3.63) is 81.4 Å². The van der Waals surface area contributed by atoms with Gasteiger partial charge in [-0.15, -0.1) is 0 Å². The van der Waals surface area contributed by atoms with Gasteiger partial charge in [-0.05, 0) is 29.7 Å².